The zero-order valence-corrected chi connectivity index (χ0v) is 35.9. The molecule has 0 radical (unpaired) electrons. The van der Waals surface area contributed by atoms with E-state index in [-0.39, 0.29) is 11.6 Å². The summed E-state index contributed by atoms with van der Waals surface area (Å²) in [5.74, 6) is -0.0501. The maximum absolute atomic E-state index is 15.3. The first-order valence-corrected chi connectivity index (χ1v) is 21.2. The monoisotopic (exact) mass is 853 g/mol. The lowest BCUT2D eigenvalue weighted by Gasteiger charge is -2.28. The molecule has 0 amide bonds. The van der Waals surface area contributed by atoms with Gasteiger partial charge in [0, 0.05) is 54.6 Å². The van der Waals surface area contributed by atoms with Gasteiger partial charge >= 0.3 is 11.9 Å². The predicted octanol–water partition coefficient (Wildman–Crippen LogP) is 12.1. The summed E-state index contributed by atoms with van der Waals surface area (Å²) in [7, 11) is 0. The van der Waals surface area contributed by atoms with Gasteiger partial charge < -0.3 is 19.1 Å². The van der Waals surface area contributed by atoms with Crippen molar-refractivity contribution in [3.63, 3.8) is 0 Å². The van der Waals surface area contributed by atoms with Gasteiger partial charge in [-0.3, -0.25) is 15.5 Å². The van der Waals surface area contributed by atoms with Gasteiger partial charge in [-0.15, -0.1) is 17.5 Å². The van der Waals surface area contributed by atoms with Crippen LogP contribution in [-0.4, -0.2) is 36.6 Å². The Morgan fingerprint density at radius 2 is 1.73 bits per heavy atom. The quantitative estimate of drug-likeness (QED) is 0.0136. The van der Waals surface area contributed by atoms with Crippen molar-refractivity contribution in [1.82, 2.24) is 0 Å². The number of benzene rings is 3. The number of carbonyl (C=O) groups excluding carboxylic acids is 2. The molecule has 4 rings (SSSR count). The van der Waals surface area contributed by atoms with Crippen LogP contribution in [0.15, 0.2) is 89.5 Å². The zero-order chi connectivity index (χ0) is 44.9. The lowest BCUT2D eigenvalue weighted by atomic mass is 9.77. The van der Waals surface area contributed by atoms with Crippen molar-refractivity contribution in [1.29, 1.82) is 0 Å². The molecule has 0 aromatic heterocycles. The van der Waals surface area contributed by atoms with E-state index in [4.69, 9.17) is 20.6 Å². The number of terminal acetylenes is 1. The molecule has 0 bridgehead atoms. The zero-order valence-electron chi connectivity index (χ0n) is 35.9. The number of nitro groups is 1. The molecule has 14 heteroatoms. The number of anilines is 2. The number of rotatable bonds is 24. The van der Waals surface area contributed by atoms with Crippen LogP contribution in [0.4, 0.5) is 25.8 Å². The average Bonchev–Trinajstić information content (AvgIpc) is 3.25. The van der Waals surface area contributed by atoms with Gasteiger partial charge in [-0.05, 0) is 131 Å². The van der Waals surface area contributed by atoms with Crippen molar-refractivity contribution < 1.29 is 37.5 Å². The fraction of sp³-hybridized carbons (Fsp3) is 0.417. The predicted molar refractivity (Wildman–Crippen MR) is 238 cm³/mol. The van der Waals surface area contributed by atoms with Crippen molar-refractivity contribution in [3.05, 3.63) is 118 Å². The van der Waals surface area contributed by atoms with Gasteiger partial charge in [0.25, 0.3) is 5.69 Å². The third-order valence-corrected chi connectivity index (χ3v) is 10.5. The van der Waals surface area contributed by atoms with Gasteiger partial charge in [0.1, 0.15) is 5.75 Å². The van der Waals surface area contributed by atoms with Crippen molar-refractivity contribution in [2.45, 2.75) is 104 Å². The highest BCUT2D eigenvalue weighted by Gasteiger charge is 2.25. The van der Waals surface area contributed by atoms with Crippen LogP contribution in [0.2, 0.25) is 0 Å². The second-order valence-electron chi connectivity index (χ2n) is 15.4. The second-order valence-corrected chi connectivity index (χ2v) is 15.4. The Balaban J connectivity index is 1.53. The molecule has 1 fully saturated rings. The first-order valence-electron chi connectivity index (χ1n) is 21.2. The van der Waals surface area contributed by atoms with Crippen molar-refractivity contribution >= 4 is 35.1 Å². The van der Waals surface area contributed by atoms with E-state index >= 15 is 8.78 Å². The third kappa shape index (κ3) is 15.6. The Bertz CT molecular complexity index is 2100. The van der Waals surface area contributed by atoms with E-state index in [1.54, 1.807) is 13.1 Å². The molecule has 0 aliphatic heterocycles. The van der Waals surface area contributed by atoms with E-state index in [1.807, 2.05) is 24.0 Å². The summed E-state index contributed by atoms with van der Waals surface area (Å²) in [6.07, 6.45) is 21.6. The Morgan fingerprint density at radius 3 is 2.37 bits per heavy atom. The van der Waals surface area contributed by atoms with Gasteiger partial charge in [-0.25, -0.2) is 18.4 Å². The Morgan fingerprint density at radius 1 is 1.03 bits per heavy atom. The largest absolute Gasteiger partial charge is 0.494 e. The molecule has 1 saturated carbocycles. The molecule has 0 atom stereocenters. The molecular formula is C48H57F2N5O7. The van der Waals surface area contributed by atoms with Crippen LogP contribution >= 0.6 is 0 Å². The summed E-state index contributed by atoms with van der Waals surface area (Å²) in [6.45, 7) is 10.4. The Kier molecular flexibility index (Phi) is 19.8. The van der Waals surface area contributed by atoms with Crippen molar-refractivity contribution in [2.75, 3.05) is 30.1 Å². The van der Waals surface area contributed by atoms with Gasteiger partial charge in [0.15, 0.2) is 11.6 Å². The molecule has 1 N–H and O–H groups in total. The lowest BCUT2D eigenvalue weighted by molar-refractivity contribution is -0.384. The molecule has 0 heterocycles. The second kappa shape index (κ2) is 25.4. The van der Waals surface area contributed by atoms with Gasteiger partial charge in [0.2, 0.25) is 5.75 Å². The number of nitrogens with zero attached hydrogens (tertiary/aromatic N) is 4. The lowest BCUT2D eigenvalue weighted by Crippen LogP contribution is -2.19. The minimum Gasteiger partial charge on any atom is -0.494 e. The number of unbranched alkanes of at least 4 members (excludes halogenated alkanes) is 4. The molecule has 0 unspecified atom stereocenters. The van der Waals surface area contributed by atoms with Crippen LogP contribution in [0.3, 0.4) is 0 Å². The maximum atomic E-state index is 15.3. The first-order chi connectivity index (χ1) is 29.9. The number of nitro benzene ring substituents is 1. The summed E-state index contributed by atoms with van der Waals surface area (Å²) in [4.78, 5) is 37.1. The summed E-state index contributed by atoms with van der Waals surface area (Å²) in [6, 6.07) is 11.9. The molecule has 62 heavy (non-hydrogen) atoms. The number of halogens is 2. The molecule has 3 aromatic rings. The molecule has 330 valence electrons. The standard InChI is InChI=1S/C48H57F2N5O7/c1-6-8-11-26-54(27-25-51-53-52-39-19-21-40(22-20-39)55(58)59)45-33-41(60-28-12-9-10-13-29-61-48(57)34(3)4)30-35(5)42(45)23-24-46(56)62-47-43(49)31-38(32-44(47)50)37-17-15-36(14-7-2)16-18-37/h1,19-25,27,30-33,36-37H,3,7-18,26,28-29H2,2,4-5H3,(H,51,52)/b24-23+,27-25+. The van der Waals surface area contributed by atoms with E-state index in [1.165, 1.54) is 48.7 Å². The first kappa shape index (κ1) is 48.3. The van der Waals surface area contributed by atoms with Crippen LogP contribution in [0, 0.1) is 46.9 Å². The summed E-state index contributed by atoms with van der Waals surface area (Å²) < 4.78 is 47.3. The average molecular weight is 854 g/mol. The number of ether oxygens (including phenoxy) is 3. The van der Waals surface area contributed by atoms with Gasteiger partial charge in [-0.1, -0.05) is 31.6 Å². The van der Waals surface area contributed by atoms with E-state index < -0.39 is 34.2 Å². The van der Waals surface area contributed by atoms with E-state index in [9.17, 15) is 19.7 Å². The van der Waals surface area contributed by atoms with E-state index in [2.05, 4.69) is 35.2 Å². The Hall–Kier alpha value is -6.36. The fourth-order valence-electron chi connectivity index (χ4n) is 7.23. The van der Waals surface area contributed by atoms with Crippen LogP contribution in [0.5, 0.6) is 11.5 Å². The van der Waals surface area contributed by atoms with Crippen LogP contribution in [0.1, 0.15) is 114 Å². The van der Waals surface area contributed by atoms with Crippen molar-refractivity contribution in [2.24, 2.45) is 16.3 Å². The SMILES string of the molecule is C#CCCCN(/C=C/N=N/Nc1ccc([N+](=O)[O-])cc1)c1cc(OCCCCCCOC(=O)C(=C)C)cc(C)c1/C=C/C(=O)Oc1c(F)cc(C2CCC(CCC)CC2)cc1F. The minimum atomic E-state index is -0.962. The molecule has 0 spiro atoms. The number of hydrogen-bond acceptors (Lipinski definition) is 10. The third-order valence-electron chi connectivity index (χ3n) is 10.5. The number of nitrogens with one attached hydrogen (secondary N) is 1. The number of carbonyl (C=O) groups is 2. The maximum Gasteiger partial charge on any atom is 0.336 e. The molecule has 0 saturated heterocycles. The Labute approximate surface area is 363 Å². The van der Waals surface area contributed by atoms with Crippen LogP contribution < -0.4 is 19.8 Å². The van der Waals surface area contributed by atoms with Gasteiger partial charge in [-0.2, -0.15) is 0 Å². The van der Waals surface area contributed by atoms with Crippen LogP contribution in [-0.2, 0) is 14.3 Å². The minimum absolute atomic E-state index is 0.0560. The number of esters is 2. The summed E-state index contributed by atoms with van der Waals surface area (Å²) >= 11 is 0. The molecule has 12 nitrogen and oxygen atoms in total. The number of non-ortho nitro benzene ring substituents is 1. The molecular weight excluding hydrogens is 797 g/mol. The normalized spacial score (nSPS) is 15.1. The highest BCUT2D eigenvalue weighted by atomic mass is 19.1. The highest BCUT2D eigenvalue weighted by molar-refractivity contribution is 5.91. The highest BCUT2D eigenvalue weighted by Crippen LogP contribution is 2.39. The molecule has 1 aliphatic carbocycles. The number of aryl methyl sites for hydroxylation is 1. The van der Waals surface area contributed by atoms with E-state index in [0.717, 1.165) is 75.8 Å². The van der Waals surface area contributed by atoms with Crippen LogP contribution in [0.25, 0.3) is 6.08 Å². The molecule has 1 aliphatic rings. The molecule has 3 aromatic carbocycles. The van der Waals surface area contributed by atoms with Gasteiger partial charge in [0.05, 0.1) is 35.7 Å². The summed E-state index contributed by atoms with van der Waals surface area (Å²) in [5.41, 5.74) is 6.04. The summed E-state index contributed by atoms with van der Waals surface area (Å²) in [5, 5.41) is 19.0. The smallest absolute Gasteiger partial charge is 0.336 e. The van der Waals surface area contributed by atoms with E-state index in [0.29, 0.717) is 72.3 Å². The topological polar surface area (TPSA) is 145 Å². The number of hydrogen-bond donors (Lipinski definition) is 1. The fourth-order valence-corrected chi connectivity index (χ4v) is 7.23. The van der Waals surface area contributed by atoms with Crippen molar-refractivity contribution in [3.8, 4) is 23.8 Å².